The lowest BCUT2D eigenvalue weighted by Gasteiger charge is -2.46. The van der Waals surface area contributed by atoms with Crippen molar-refractivity contribution >= 4 is 5.91 Å². The number of amides is 1. The Balaban J connectivity index is 1.98. The summed E-state index contributed by atoms with van der Waals surface area (Å²) in [5.41, 5.74) is 0. The van der Waals surface area contributed by atoms with Crippen molar-refractivity contribution in [2.45, 2.75) is 164 Å². The van der Waals surface area contributed by atoms with Crippen LogP contribution in [0.15, 0.2) is 85.1 Å². The average Bonchev–Trinajstić information content (AvgIpc) is 3.22. The predicted molar refractivity (Wildman–Crippen MR) is 221 cm³/mol. The van der Waals surface area contributed by atoms with Crippen LogP contribution in [-0.2, 0) is 23.7 Å². The fourth-order valence-electron chi connectivity index (χ4n) is 6.13. The van der Waals surface area contributed by atoms with Crippen molar-refractivity contribution in [2.75, 3.05) is 19.8 Å². The van der Waals surface area contributed by atoms with Gasteiger partial charge in [-0.05, 0) is 57.8 Å². The second kappa shape index (κ2) is 31.1. The summed E-state index contributed by atoms with van der Waals surface area (Å²) in [7, 11) is 0. The SMILES string of the molecule is CC/C=C\C/C=C\C/C=C\C/C=C\C/C=C\CC(=O)NC(COC1OC(CO)C(OC2OC(CO)C(O)C(O)C2O)C(O)C1O)C(O)/C=C/CC/C=C/CCCCC. The number of ether oxygens (including phenoxy) is 4. The summed E-state index contributed by atoms with van der Waals surface area (Å²) in [6.07, 6.45) is 21.1. The van der Waals surface area contributed by atoms with Gasteiger partial charge in [0.05, 0.1) is 32.0 Å². The summed E-state index contributed by atoms with van der Waals surface area (Å²) in [6.45, 7) is 2.46. The molecule has 2 rings (SSSR count). The molecule has 2 fully saturated rings. The van der Waals surface area contributed by atoms with Gasteiger partial charge in [0.15, 0.2) is 12.6 Å². The van der Waals surface area contributed by atoms with Crippen molar-refractivity contribution in [1.82, 2.24) is 5.32 Å². The van der Waals surface area contributed by atoms with Gasteiger partial charge in [0.1, 0.15) is 48.8 Å². The highest BCUT2D eigenvalue weighted by Crippen LogP contribution is 2.29. The molecule has 12 unspecified atom stereocenters. The van der Waals surface area contributed by atoms with Crippen LogP contribution in [0.5, 0.6) is 0 Å². The predicted octanol–water partition coefficient (Wildman–Crippen LogP) is 3.09. The number of aliphatic hydroxyl groups excluding tert-OH is 8. The first-order chi connectivity index (χ1) is 28.1. The summed E-state index contributed by atoms with van der Waals surface area (Å²) >= 11 is 0. The number of rotatable bonds is 28. The lowest BCUT2D eigenvalue weighted by molar-refractivity contribution is -0.359. The zero-order valence-corrected chi connectivity index (χ0v) is 34.2. The molecule has 2 aliphatic rings. The molecule has 0 radical (unpaired) electrons. The van der Waals surface area contributed by atoms with Crippen molar-refractivity contribution in [1.29, 1.82) is 0 Å². The molecule has 0 aromatic carbocycles. The molecular formula is C44H71NO13. The molecule has 0 spiro atoms. The topological polar surface area (TPSA) is 228 Å². The van der Waals surface area contributed by atoms with Crippen LogP contribution in [0.3, 0.4) is 0 Å². The number of aliphatic hydroxyl groups is 8. The number of unbranched alkanes of at least 4 members (excludes halogenated alkanes) is 4. The van der Waals surface area contributed by atoms with Crippen molar-refractivity contribution in [3.05, 3.63) is 85.1 Å². The minimum Gasteiger partial charge on any atom is -0.394 e. The molecule has 2 heterocycles. The zero-order chi connectivity index (χ0) is 42.5. The van der Waals surface area contributed by atoms with E-state index in [9.17, 15) is 45.6 Å². The van der Waals surface area contributed by atoms with Crippen LogP contribution < -0.4 is 5.32 Å². The molecule has 2 saturated heterocycles. The van der Waals surface area contributed by atoms with Crippen LogP contribution in [0, 0.1) is 0 Å². The number of hydrogen-bond donors (Lipinski definition) is 9. The molecule has 14 heteroatoms. The van der Waals surface area contributed by atoms with Crippen LogP contribution >= 0.6 is 0 Å². The molecular weight excluding hydrogens is 750 g/mol. The van der Waals surface area contributed by atoms with Crippen molar-refractivity contribution in [3.8, 4) is 0 Å². The highest BCUT2D eigenvalue weighted by Gasteiger charge is 2.50. The van der Waals surface area contributed by atoms with Gasteiger partial charge >= 0.3 is 0 Å². The van der Waals surface area contributed by atoms with Gasteiger partial charge in [-0.2, -0.15) is 0 Å². The minimum atomic E-state index is -1.80. The minimum absolute atomic E-state index is 0.0358. The van der Waals surface area contributed by atoms with Crippen LogP contribution in [0.25, 0.3) is 0 Å². The van der Waals surface area contributed by atoms with E-state index in [1.807, 2.05) is 18.2 Å². The molecule has 14 nitrogen and oxygen atoms in total. The maximum absolute atomic E-state index is 13.0. The van der Waals surface area contributed by atoms with Gasteiger partial charge in [-0.1, -0.05) is 112 Å². The standard InChI is InChI=1S/C44H71NO13/c1-3-5-7-9-11-13-14-15-16-17-18-20-22-24-26-28-36(49)45-32(33(48)27-25-23-21-19-12-10-8-6-4-2)31-55-43-41(54)39(52)42(35(30-47)57-43)58-44-40(53)38(51)37(50)34(29-46)56-44/h5,7,11-13,15-16,18-20,24-27,32-35,37-44,46-48,50-54H,3-4,6,8-10,14,17,21-23,28-31H2,1-2H3,(H,45,49)/b7-5-,13-11-,16-15-,19-12+,20-18-,26-24-,27-25+. The molecule has 0 aromatic rings. The van der Waals surface area contributed by atoms with Gasteiger partial charge in [-0.3, -0.25) is 4.79 Å². The number of hydrogen-bond acceptors (Lipinski definition) is 13. The van der Waals surface area contributed by atoms with E-state index in [2.05, 4.69) is 73.8 Å². The molecule has 0 bridgehead atoms. The number of carbonyl (C=O) groups excluding carboxylic acids is 1. The van der Waals surface area contributed by atoms with Crippen LogP contribution in [0.1, 0.15) is 90.9 Å². The number of allylic oxidation sites excluding steroid dienone is 12. The van der Waals surface area contributed by atoms with E-state index in [1.54, 1.807) is 12.2 Å². The van der Waals surface area contributed by atoms with Crippen LogP contribution in [0.2, 0.25) is 0 Å². The Hall–Kier alpha value is -2.83. The van der Waals surface area contributed by atoms with Crippen molar-refractivity contribution < 1.29 is 64.6 Å². The Bertz CT molecular complexity index is 1300. The van der Waals surface area contributed by atoms with E-state index in [1.165, 1.54) is 6.42 Å². The fraction of sp³-hybridized carbons (Fsp3) is 0.659. The van der Waals surface area contributed by atoms with E-state index in [4.69, 9.17) is 18.9 Å². The quantitative estimate of drug-likeness (QED) is 0.0409. The Morgan fingerprint density at radius 2 is 1.19 bits per heavy atom. The lowest BCUT2D eigenvalue weighted by atomic mass is 9.97. The van der Waals surface area contributed by atoms with E-state index >= 15 is 0 Å². The molecule has 58 heavy (non-hydrogen) atoms. The van der Waals surface area contributed by atoms with E-state index < -0.39 is 86.8 Å². The van der Waals surface area contributed by atoms with Gasteiger partial charge in [0, 0.05) is 6.42 Å². The highest BCUT2D eigenvalue weighted by molar-refractivity contribution is 5.77. The second-order valence-corrected chi connectivity index (χ2v) is 14.4. The van der Waals surface area contributed by atoms with Crippen molar-refractivity contribution in [2.24, 2.45) is 0 Å². The summed E-state index contributed by atoms with van der Waals surface area (Å²) in [5, 5.41) is 86.0. The molecule has 1 amide bonds. The summed E-state index contributed by atoms with van der Waals surface area (Å²) in [6, 6.07) is -0.986. The third-order valence-corrected chi connectivity index (χ3v) is 9.59. The van der Waals surface area contributed by atoms with Crippen LogP contribution in [-0.4, -0.2) is 140 Å². The summed E-state index contributed by atoms with van der Waals surface area (Å²) < 4.78 is 22.5. The molecule has 9 N–H and O–H groups in total. The lowest BCUT2D eigenvalue weighted by Crippen LogP contribution is -2.65. The first kappa shape index (κ1) is 51.3. The fourth-order valence-corrected chi connectivity index (χ4v) is 6.13. The van der Waals surface area contributed by atoms with Gasteiger partial charge < -0.3 is 65.1 Å². The van der Waals surface area contributed by atoms with Gasteiger partial charge in [-0.15, -0.1) is 0 Å². The maximum atomic E-state index is 13.0. The molecule has 2 aliphatic heterocycles. The van der Waals surface area contributed by atoms with Gasteiger partial charge in [-0.25, -0.2) is 0 Å². The highest BCUT2D eigenvalue weighted by atomic mass is 16.7. The Kier molecular flexibility index (Phi) is 27.5. The molecule has 330 valence electrons. The normalized spacial score (nSPS) is 29.7. The third-order valence-electron chi connectivity index (χ3n) is 9.59. The van der Waals surface area contributed by atoms with E-state index in [0.29, 0.717) is 12.8 Å². The van der Waals surface area contributed by atoms with Crippen molar-refractivity contribution in [3.63, 3.8) is 0 Å². The first-order valence-electron chi connectivity index (χ1n) is 20.8. The largest absolute Gasteiger partial charge is 0.394 e. The van der Waals surface area contributed by atoms with Gasteiger partial charge in [0.2, 0.25) is 5.91 Å². The maximum Gasteiger partial charge on any atom is 0.224 e. The number of nitrogens with one attached hydrogen (secondary N) is 1. The number of carbonyl (C=O) groups is 1. The molecule has 0 aromatic heterocycles. The molecule has 0 saturated carbocycles. The Morgan fingerprint density at radius 1 is 0.638 bits per heavy atom. The monoisotopic (exact) mass is 821 g/mol. The Morgan fingerprint density at radius 3 is 1.79 bits per heavy atom. The average molecular weight is 822 g/mol. The van der Waals surface area contributed by atoms with Crippen LogP contribution in [0.4, 0.5) is 0 Å². The third kappa shape index (κ3) is 19.5. The Labute approximate surface area is 344 Å². The summed E-state index contributed by atoms with van der Waals surface area (Å²) in [4.78, 5) is 13.0. The van der Waals surface area contributed by atoms with E-state index in [0.717, 1.165) is 51.4 Å². The smallest absolute Gasteiger partial charge is 0.224 e. The molecule has 0 aliphatic carbocycles. The molecule has 12 atom stereocenters. The van der Waals surface area contributed by atoms with E-state index in [-0.39, 0.29) is 18.9 Å². The van der Waals surface area contributed by atoms with Gasteiger partial charge in [0.25, 0.3) is 0 Å². The zero-order valence-electron chi connectivity index (χ0n) is 34.2. The summed E-state index contributed by atoms with van der Waals surface area (Å²) in [5.74, 6) is -0.385. The first-order valence-corrected chi connectivity index (χ1v) is 20.8. The second-order valence-electron chi connectivity index (χ2n) is 14.4.